The summed E-state index contributed by atoms with van der Waals surface area (Å²) in [5, 5.41) is 3.19. The van der Waals surface area contributed by atoms with E-state index in [9.17, 15) is 9.59 Å². The van der Waals surface area contributed by atoms with Crippen LogP contribution in [0.25, 0.3) is 5.57 Å². The number of aryl methyl sites for hydroxylation is 2. The van der Waals surface area contributed by atoms with Crippen molar-refractivity contribution in [3.05, 3.63) is 64.9 Å². The van der Waals surface area contributed by atoms with Crippen LogP contribution in [-0.2, 0) is 9.59 Å². The van der Waals surface area contributed by atoms with Crippen LogP contribution in [0.2, 0.25) is 0 Å². The second-order valence-electron chi connectivity index (χ2n) is 6.74. The van der Waals surface area contributed by atoms with Gasteiger partial charge in [0.15, 0.2) is 0 Å². The number of hydrogen-bond donors (Lipinski definition) is 1. The molecule has 1 N–H and O–H groups in total. The van der Waals surface area contributed by atoms with Gasteiger partial charge in [0.1, 0.15) is 11.4 Å². The van der Waals surface area contributed by atoms with Gasteiger partial charge < -0.3 is 10.1 Å². The van der Waals surface area contributed by atoms with Gasteiger partial charge in [-0.25, -0.2) is 0 Å². The van der Waals surface area contributed by atoms with E-state index in [4.69, 9.17) is 4.74 Å². The molecule has 0 spiro atoms. The lowest BCUT2D eigenvalue weighted by molar-refractivity contribution is -0.135. The Kier molecular flexibility index (Phi) is 5.31. The summed E-state index contributed by atoms with van der Waals surface area (Å²) in [6, 6.07) is 13.2. The Morgan fingerprint density at radius 1 is 1.00 bits per heavy atom. The van der Waals surface area contributed by atoms with Crippen molar-refractivity contribution in [1.29, 1.82) is 0 Å². The van der Waals surface area contributed by atoms with Gasteiger partial charge in [0, 0.05) is 12.7 Å². The highest BCUT2D eigenvalue weighted by Gasteiger charge is 2.36. The van der Waals surface area contributed by atoms with Crippen molar-refractivity contribution < 1.29 is 14.3 Å². The van der Waals surface area contributed by atoms with Crippen LogP contribution >= 0.6 is 0 Å². The van der Waals surface area contributed by atoms with Gasteiger partial charge in [-0.2, -0.15) is 0 Å². The first-order chi connectivity index (χ1) is 12.9. The zero-order chi connectivity index (χ0) is 19.6. The molecule has 0 aliphatic carbocycles. The molecule has 1 aliphatic heterocycles. The second kappa shape index (κ2) is 7.66. The van der Waals surface area contributed by atoms with Crippen LogP contribution in [0.5, 0.6) is 5.75 Å². The van der Waals surface area contributed by atoms with E-state index in [1.165, 1.54) is 7.05 Å². The quantitative estimate of drug-likeness (QED) is 0.790. The summed E-state index contributed by atoms with van der Waals surface area (Å²) < 4.78 is 5.60. The highest BCUT2D eigenvalue weighted by atomic mass is 16.5. The van der Waals surface area contributed by atoms with E-state index in [1.54, 1.807) is 0 Å². The predicted octanol–water partition coefficient (Wildman–Crippen LogP) is 3.91. The number of rotatable bonds is 6. The molecule has 0 saturated carbocycles. The van der Waals surface area contributed by atoms with E-state index in [0.717, 1.165) is 33.9 Å². The van der Waals surface area contributed by atoms with Gasteiger partial charge >= 0.3 is 0 Å². The SMILES string of the molecule is CCCOc1ccc(C2=C(Nc3cc(C)ccc3C)C(=O)N(C)C2=O)cc1. The third-order valence-corrected chi connectivity index (χ3v) is 4.56. The molecule has 2 amide bonds. The molecule has 2 aromatic rings. The number of anilines is 1. The predicted molar refractivity (Wildman–Crippen MR) is 106 cm³/mol. The van der Waals surface area contributed by atoms with E-state index >= 15 is 0 Å². The summed E-state index contributed by atoms with van der Waals surface area (Å²) in [5.74, 6) is 0.104. The molecule has 5 nitrogen and oxygen atoms in total. The largest absolute Gasteiger partial charge is 0.494 e. The molecule has 0 fully saturated rings. The molecule has 27 heavy (non-hydrogen) atoms. The van der Waals surface area contributed by atoms with Crippen molar-refractivity contribution in [3.8, 4) is 5.75 Å². The zero-order valence-corrected chi connectivity index (χ0v) is 16.1. The third-order valence-electron chi connectivity index (χ3n) is 4.56. The van der Waals surface area contributed by atoms with Crippen LogP contribution in [-0.4, -0.2) is 30.4 Å². The smallest absolute Gasteiger partial charge is 0.277 e. The fourth-order valence-corrected chi connectivity index (χ4v) is 2.97. The van der Waals surface area contributed by atoms with E-state index in [-0.39, 0.29) is 11.8 Å². The van der Waals surface area contributed by atoms with E-state index in [2.05, 4.69) is 5.32 Å². The summed E-state index contributed by atoms with van der Waals surface area (Å²) in [7, 11) is 1.50. The average Bonchev–Trinajstić information content (AvgIpc) is 2.87. The fourth-order valence-electron chi connectivity index (χ4n) is 2.97. The average molecular weight is 364 g/mol. The number of likely N-dealkylation sites (N-methyl/N-ethyl adjacent to an activating group) is 1. The summed E-state index contributed by atoms with van der Waals surface area (Å²) in [4.78, 5) is 26.5. The van der Waals surface area contributed by atoms with Crippen molar-refractivity contribution >= 4 is 23.1 Å². The Hall–Kier alpha value is -3.08. The van der Waals surface area contributed by atoms with Gasteiger partial charge in [-0.05, 0) is 55.2 Å². The highest BCUT2D eigenvalue weighted by molar-refractivity contribution is 6.36. The number of benzene rings is 2. The summed E-state index contributed by atoms with van der Waals surface area (Å²) >= 11 is 0. The molecule has 5 heteroatoms. The minimum atomic E-state index is -0.331. The third kappa shape index (κ3) is 3.72. The Morgan fingerprint density at radius 3 is 2.37 bits per heavy atom. The van der Waals surface area contributed by atoms with E-state index in [1.807, 2.05) is 63.2 Å². The second-order valence-corrected chi connectivity index (χ2v) is 6.74. The number of imide groups is 1. The first kappa shape index (κ1) is 18.7. The van der Waals surface area contributed by atoms with Gasteiger partial charge in [0.25, 0.3) is 11.8 Å². The summed E-state index contributed by atoms with van der Waals surface area (Å²) in [6.07, 6.45) is 0.925. The monoisotopic (exact) mass is 364 g/mol. The van der Waals surface area contributed by atoms with Gasteiger partial charge in [-0.1, -0.05) is 31.2 Å². The molecule has 0 atom stereocenters. The lowest BCUT2D eigenvalue weighted by atomic mass is 10.0. The molecule has 1 heterocycles. The van der Waals surface area contributed by atoms with Crippen molar-refractivity contribution in [2.75, 3.05) is 19.0 Å². The molecule has 1 aliphatic rings. The Balaban J connectivity index is 2.00. The lowest BCUT2D eigenvalue weighted by Crippen LogP contribution is -2.28. The molecular formula is C22H24N2O3. The van der Waals surface area contributed by atoms with E-state index < -0.39 is 0 Å². The maximum Gasteiger partial charge on any atom is 0.277 e. The van der Waals surface area contributed by atoms with Crippen LogP contribution in [0.3, 0.4) is 0 Å². The Bertz CT molecular complexity index is 914. The van der Waals surface area contributed by atoms with Crippen LogP contribution in [0.1, 0.15) is 30.0 Å². The molecular weight excluding hydrogens is 340 g/mol. The molecule has 0 saturated heterocycles. The van der Waals surface area contributed by atoms with Crippen LogP contribution in [0, 0.1) is 13.8 Å². The number of carbonyl (C=O) groups excluding carboxylic acids is 2. The number of amides is 2. The Labute approximate surface area is 159 Å². The number of hydrogen-bond acceptors (Lipinski definition) is 4. The maximum atomic E-state index is 12.7. The highest BCUT2D eigenvalue weighted by Crippen LogP contribution is 2.31. The lowest BCUT2D eigenvalue weighted by Gasteiger charge is -2.12. The first-order valence-corrected chi connectivity index (χ1v) is 9.06. The van der Waals surface area contributed by atoms with Gasteiger partial charge in [-0.15, -0.1) is 0 Å². The zero-order valence-electron chi connectivity index (χ0n) is 16.1. The van der Waals surface area contributed by atoms with Crippen LogP contribution in [0.4, 0.5) is 5.69 Å². The molecule has 0 radical (unpaired) electrons. The van der Waals surface area contributed by atoms with Crippen molar-refractivity contribution in [3.63, 3.8) is 0 Å². The first-order valence-electron chi connectivity index (χ1n) is 9.06. The standard InChI is InChI=1S/C22H24N2O3/c1-5-12-27-17-10-8-16(9-11-17)19-20(22(26)24(4)21(19)25)23-18-13-14(2)6-7-15(18)3/h6-11,13,23H,5,12H2,1-4H3. The van der Waals surface area contributed by atoms with Gasteiger partial charge in [0.05, 0.1) is 12.2 Å². The number of ether oxygens (including phenoxy) is 1. The Morgan fingerprint density at radius 2 is 1.70 bits per heavy atom. The van der Waals surface area contributed by atoms with E-state index in [0.29, 0.717) is 23.4 Å². The van der Waals surface area contributed by atoms with Crippen molar-refractivity contribution in [2.24, 2.45) is 0 Å². The summed E-state index contributed by atoms with van der Waals surface area (Å²) in [5.41, 5.74) is 4.28. The normalized spacial score (nSPS) is 14.1. The molecule has 140 valence electrons. The minimum Gasteiger partial charge on any atom is -0.494 e. The fraction of sp³-hybridized carbons (Fsp3) is 0.273. The van der Waals surface area contributed by atoms with Crippen LogP contribution in [0.15, 0.2) is 48.2 Å². The number of carbonyl (C=O) groups is 2. The molecule has 0 aromatic heterocycles. The van der Waals surface area contributed by atoms with Crippen molar-refractivity contribution in [1.82, 2.24) is 4.90 Å². The van der Waals surface area contributed by atoms with Crippen molar-refractivity contribution in [2.45, 2.75) is 27.2 Å². The topological polar surface area (TPSA) is 58.6 Å². The van der Waals surface area contributed by atoms with Gasteiger partial charge in [-0.3, -0.25) is 14.5 Å². The van der Waals surface area contributed by atoms with Gasteiger partial charge in [0.2, 0.25) is 0 Å². The molecule has 0 unspecified atom stereocenters. The molecule has 2 aromatic carbocycles. The molecule has 0 bridgehead atoms. The van der Waals surface area contributed by atoms with Crippen LogP contribution < -0.4 is 10.1 Å². The minimum absolute atomic E-state index is 0.304. The maximum absolute atomic E-state index is 12.7. The number of nitrogens with zero attached hydrogens (tertiary/aromatic N) is 1. The molecule has 3 rings (SSSR count). The number of nitrogens with one attached hydrogen (secondary N) is 1. The summed E-state index contributed by atoms with van der Waals surface area (Å²) in [6.45, 7) is 6.64.